The highest BCUT2D eigenvalue weighted by molar-refractivity contribution is 14.0. The summed E-state index contributed by atoms with van der Waals surface area (Å²) in [6.45, 7) is 7.84. The summed E-state index contributed by atoms with van der Waals surface area (Å²) in [5.74, 6) is 2.97. The van der Waals surface area contributed by atoms with Crippen LogP contribution in [-0.4, -0.2) is 66.2 Å². The molecule has 0 saturated carbocycles. The maximum atomic E-state index is 5.74. The lowest BCUT2D eigenvalue weighted by molar-refractivity contribution is 0.0888. The summed E-state index contributed by atoms with van der Waals surface area (Å²) >= 11 is 0. The second-order valence-electron chi connectivity index (χ2n) is 7.14. The summed E-state index contributed by atoms with van der Waals surface area (Å²) < 4.78 is 21.8. The van der Waals surface area contributed by atoms with Crippen LogP contribution in [0.5, 0.6) is 11.5 Å². The SMILES string of the molecule is CCNC(=NCCCc1ccc(OC)c(OC)c1)NCCCOCC1CCOC1.I. The molecule has 172 valence electrons. The van der Waals surface area contributed by atoms with Crippen LogP contribution in [0.3, 0.4) is 0 Å². The van der Waals surface area contributed by atoms with Crippen molar-refractivity contribution in [1.29, 1.82) is 0 Å². The number of hydrogen-bond donors (Lipinski definition) is 2. The minimum absolute atomic E-state index is 0. The highest BCUT2D eigenvalue weighted by Crippen LogP contribution is 2.27. The van der Waals surface area contributed by atoms with Gasteiger partial charge in [0.2, 0.25) is 0 Å². The van der Waals surface area contributed by atoms with Crippen molar-refractivity contribution >= 4 is 29.9 Å². The first-order valence-electron chi connectivity index (χ1n) is 10.6. The number of aliphatic imine (C=N–C) groups is 1. The Kier molecular flexibility index (Phi) is 14.7. The quantitative estimate of drug-likeness (QED) is 0.175. The Bertz CT molecular complexity index is 610. The second kappa shape index (κ2) is 16.4. The molecule has 8 heteroatoms. The van der Waals surface area contributed by atoms with Crippen LogP contribution >= 0.6 is 24.0 Å². The van der Waals surface area contributed by atoms with Crippen molar-refractivity contribution in [1.82, 2.24) is 10.6 Å². The van der Waals surface area contributed by atoms with Gasteiger partial charge in [-0.2, -0.15) is 0 Å². The van der Waals surface area contributed by atoms with Crippen LogP contribution < -0.4 is 20.1 Å². The molecule has 2 N–H and O–H groups in total. The molecule has 1 aromatic carbocycles. The number of rotatable bonds is 13. The Hall–Kier alpha value is -1.26. The fraction of sp³-hybridized carbons (Fsp3) is 0.682. The summed E-state index contributed by atoms with van der Waals surface area (Å²) in [7, 11) is 3.31. The van der Waals surface area contributed by atoms with Crippen molar-refractivity contribution in [2.75, 3.05) is 60.3 Å². The van der Waals surface area contributed by atoms with Gasteiger partial charge in [-0.1, -0.05) is 6.07 Å². The van der Waals surface area contributed by atoms with Gasteiger partial charge in [0.25, 0.3) is 0 Å². The molecule has 30 heavy (non-hydrogen) atoms. The van der Waals surface area contributed by atoms with Crippen molar-refractivity contribution in [3.63, 3.8) is 0 Å². The van der Waals surface area contributed by atoms with Gasteiger partial charge in [-0.3, -0.25) is 4.99 Å². The summed E-state index contributed by atoms with van der Waals surface area (Å²) in [5.41, 5.74) is 1.22. The van der Waals surface area contributed by atoms with E-state index in [-0.39, 0.29) is 24.0 Å². The van der Waals surface area contributed by atoms with Gasteiger partial charge in [-0.05, 0) is 50.3 Å². The van der Waals surface area contributed by atoms with Crippen LogP contribution in [0, 0.1) is 5.92 Å². The summed E-state index contributed by atoms with van der Waals surface area (Å²) in [6.07, 6.45) is 4.00. The number of guanidine groups is 1. The van der Waals surface area contributed by atoms with Crippen molar-refractivity contribution < 1.29 is 18.9 Å². The first kappa shape index (κ1) is 26.8. The zero-order valence-electron chi connectivity index (χ0n) is 18.6. The first-order chi connectivity index (χ1) is 14.3. The number of hydrogen-bond acceptors (Lipinski definition) is 5. The molecule has 0 bridgehead atoms. The van der Waals surface area contributed by atoms with Crippen LogP contribution in [0.15, 0.2) is 23.2 Å². The van der Waals surface area contributed by atoms with E-state index in [1.165, 1.54) is 5.56 Å². The molecule has 1 heterocycles. The van der Waals surface area contributed by atoms with E-state index in [2.05, 4.69) is 28.6 Å². The molecule has 1 atom stereocenters. The predicted octanol–water partition coefficient (Wildman–Crippen LogP) is 3.25. The van der Waals surface area contributed by atoms with Crippen LogP contribution in [0.1, 0.15) is 31.7 Å². The molecule has 0 aliphatic carbocycles. The van der Waals surface area contributed by atoms with Crippen LogP contribution in [-0.2, 0) is 15.9 Å². The van der Waals surface area contributed by atoms with Crippen molar-refractivity contribution in [3.05, 3.63) is 23.8 Å². The van der Waals surface area contributed by atoms with Gasteiger partial charge < -0.3 is 29.6 Å². The molecule has 1 aromatic rings. The van der Waals surface area contributed by atoms with Gasteiger partial charge in [0.15, 0.2) is 17.5 Å². The number of nitrogens with zero attached hydrogens (tertiary/aromatic N) is 1. The van der Waals surface area contributed by atoms with E-state index < -0.39 is 0 Å². The van der Waals surface area contributed by atoms with Gasteiger partial charge in [0.1, 0.15) is 0 Å². The van der Waals surface area contributed by atoms with Crippen molar-refractivity contribution in [2.24, 2.45) is 10.9 Å². The summed E-state index contributed by atoms with van der Waals surface area (Å²) in [5, 5.41) is 6.67. The van der Waals surface area contributed by atoms with Crippen LogP contribution in [0.25, 0.3) is 0 Å². The molecule has 0 spiro atoms. The highest BCUT2D eigenvalue weighted by atomic mass is 127. The lowest BCUT2D eigenvalue weighted by Crippen LogP contribution is -2.38. The van der Waals surface area contributed by atoms with E-state index in [0.717, 1.165) is 89.2 Å². The minimum atomic E-state index is 0. The highest BCUT2D eigenvalue weighted by Gasteiger charge is 2.15. The average molecular weight is 535 g/mol. The monoisotopic (exact) mass is 535 g/mol. The third kappa shape index (κ3) is 10.2. The number of methoxy groups -OCH3 is 2. The fourth-order valence-electron chi connectivity index (χ4n) is 3.20. The standard InChI is InChI=1S/C22H37N3O4.HI/c1-4-23-22(25-12-6-13-28-16-19-10-14-29-17-19)24-11-5-7-18-8-9-20(26-2)21(15-18)27-3;/h8-9,15,19H,4-7,10-14,16-17H2,1-3H3,(H2,23,24,25);1H. The van der Waals surface area contributed by atoms with Gasteiger partial charge in [-0.15, -0.1) is 24.0 Å². The smallest absolute Gasteiger partial charge is 0.191 e. The third-order valence-electron chi connectivity index (χ3n) is 4.82. The average Bonchev–Trinajstić information content (AvgIpc) is 3.26. The normalized spacial score (nSPS) is 16.1. The number of aryl methyl sites for hydroxylation is 1. The topological polar surface area (TPSA) is 73.3 Å². The molecule has 1 unspecified atom stereocenters. The molecule has 2 rings (SSSR count). The van der Waals surface area contributed by atoms with E-state index in [4.69, 9.17) is 18.9 Å². The Morgan fingerprint density at radius 2 is 2.00 bits per heavy atom. The molecular weight excluding hydrogens is 497 g/mol. The van der Waals surface area contributed by atoms with Gasteiger partial charge in [0, 0.05) is 38.8 Å². The maximum Gasteiger partial charge on any atom is 0.191 e. The first-order valence-corrected chi connectivity index (χ1v) is 10.6. The van der Waals surface area contributed by atoms with Crippen LogP contribution in [0.4, 0.5) is 0 Å². The lowest BCUT2D eigenvalue weighted by Gasteiger charge is -2.12. The minimum Gasteiger partial charge on any atom is -0.493 e. The lowest BCUT2D eigenvalue weighted by atomic mass is 10.1. The molecule has 1 aliphatic rings. The van der Waals surface area contributed by atoms with Crippen LogP contribution in [0.2, 0.25) is 0 Å². The van der Waals surface area contributed by atoms with Gasteiger partial charge in [0.05, 0.1) is 27.4 Å². The predicted molar refractivity (Wildman–Crippen MR) is 132 cm³/mol. The van der Waals surface area contributed by atoms with Gasteiger partial charge >= 0.3 is 0 Å². The third-order valence-corrected chi connectivity index (χ3v) is 4.82. The number of nitrogens with one attached hydrogen (secondary N) is 2. The molecule has 7 nitrogen and oxygen atoms in total. The van der Waals surface area contributed by atoms with Gasteiger partial charge in [-0.25, -0.2) is 0 Å². The zero-order chi connectivity index (χ0) is 20.7. The Labute approximate surface area is 198 Å². The van der Waals surface area contributed by atoms with E-state index in [1.807, 2.05) is 12.1 Å². The summed E-state index contributed by atoms with van der Waals surface area (Å²) in [6, 6.07) is 6.06. The van der Waals surface area contributed by atoms with E-state index in [9.17, 15) is 0 Å². The molecule has 1 fully saturated rings. The number of halogens is 1. The second-order valence-corrected chi connectivity index (χ2v) is 7.14. The van der Waals surface area contributed by atoms with E-state index in [0.29, 0.717) is 5.92 Å². The van der Waals surface area contributed by atoms with Crippen molar-refractivity contribution in [3.8, 4) is 11.5 Å². The Morgan fingerprint density at radius 1 is 1.17 bits per heavy atom. The summed E-state index contributed by atoms with van der Waals surface area (Å²) in [4.78, 5) is 4.67. The molecule has 0 radical (unpaired) electrons. The zero-order valence-corrected chi connectivity index (χ0v) is 20.9. The largest absolute Gasteiger partial charge is 0.493 e. The number of benzene rings is 1. The van der Waals surface area contributed by atoms with E-state index >= 15 is 0 Å². The maximum absolute atomic E-state index is 5.74. The molecule has 1 aliphatic heterocycles. The Balaban J connectivity index is 0.00000450. The fourth-order valence-corrected chi connectivity index (χ4v) is 3.20. The van der Waals surface area contributed by atoms with E-state index in [1.54, 1.807) is 14.2 Å². The molecule has 0 aromatic heterocycles. The number of ether oxygens (including phenoxy) is 4. The Morgan fingerprint density at radius 3 is 2.70 bits per heavy atom. The molecular formula is C22H38IN3O4. The van der Waals surface area contributed by atoms with Crippen molar-refractivity contribution in [2.45, 2.75) is 32.6 Å². The molecule has 0 amide bonds. The molecule has 1 saturated heterocycles.